The molecule has 0 rings (SSSR count). The number of carbonyl (C=O) groups excluding carboxylic acids is 1. The lowest BCUT2D eigenvalue weighted by molar-refractivity contribution is -0.126. The maximum absolute atomic E-state index is 11.1. The van der Waals surface area contributed by atoms with Gasteiger partial charge >= 0.3 is 0 Å². The molecular formula is C10H19NO3. The van der Waals surface area contributed by atoms with Crippen LogP contribution in [0.1, 0.15) is 20.3 Å². The van der Waals surface area contributed by atoms with Gasteiger partial charge in [-0.3, -0.25) is 4.79 Å². The molecule has 0 bridgehead atoms. The molecule has 82 valence electrons. The number of methoxy groups -OCH3 is 1. The average molecular weight is 201 g/mol. The Bertz CT molecular complexity index is 192. The highest BCUT2D eigenvalue weighted by atomic mass is 16.7. The minimum Gasteiger partial charge on any atom is -0.356 e. The first-order valence-electron chi connectivity index (χ1n) is 4.69. The van der Waals surface area contributed by atoms with Crippen LogP contribution >= 0.6 is 0 Å². The topological polar surface area (TPSA) is 47.6 Å². The second-order valence-electron chi connectivity index (χ2n) is 2.95. The predicted molar refractivity (Wildman–Crippen MR) is 54.9 cm³/mol. The molecule has 0 heterocycles. The van der Waals surface area contributed by atoms with Gasteiger partial charge in [0.15, 0.2) is 6.29 Å². The molecular weight excluding hydrogens is 182 g/mol. The quantitative estimate of drug-likeness (QED) is 0.495. The first kappa shape index (κ1) is 13.1. The van der Waals surface area contributed by atoms with E-state index in [2.05, 4.69) is 11.9 Å². The molecule has 0 aromatic heterocycles. The summed E-state index contributed by atoms with van der Waals surface area (Å²) >= 11 is 0. The van der Waals surface area contributed by atoms with E-state index in [9.17, 15) is 4.79 Å². The van der Waals surface area contributed by atoms with Gasteiger partial charge in [-0.25, -0.2) is 0 Å². The lowest BCUT2D eigenvalue weighted by atomic mass is 10.3. The van der Waals surface area contributed by atoms with E-state index in [1.54, 1.807) is 14.0 Å². The smallest absolute Gasteiger partial charge is 0.246 e. The van der Waals surface area contributed by atoms with Crippen LogP contribution in [0.25, 0.3) is 0 Å². The minimum atomic E-state index is -0.245. The third-order valence-electron chi connectivity index (χ3n) is 1.67. The highest BCUT2D eigenvalue weighted by molar-refractivity contribution is 5.91. The molecule has 1 N–H and O–H groups in total. The summed E-state index contributed by atoms with van der Waals surface area (Å²) in [6.45, 7) is 8.24. The van der Waals surface area contributed by atoms with Crippen molar-refractivity contribution in [2.45, 2.75) is 26.6 Å². The molecule has 0 aliphatic carbocycles. The van der Waals surface area contributed by atoms with Gasteiger partial charge in [-0.05, 0) is 13.8 Å². The summed E-state index contributed by atoms with van der Waals surface area (Å²) in [6, 6.07) is 0. The zero-order chi connectivity index (χ0) is 11.0. The van der Waals surface area contributed by atoms with Crippen LogP contribution in [0.5, 0.6) is 0 Å². The van der Waals surface area contributed by atoms with Gasteiger partial charge in [0.25, 0.3) is 0 Å². The molecule has 1 atom stereocenters. The molecule has 1 amide bonds. The third-order valence-corrected chi connectivity index (χ3v) is 1.67. The maximum atomic E-state index is 11.1. The van der Waals surface area contributed by atoms with Crippen molar-refractivity contribution >= 4 is 5.91 Å². The molecule has 0 aromatic carbocycles. The molecule has 0 aliphatic rings. The number of carbonyl (C=O) groups is 1. The number of hydrogen-bond donors (Lipinski definition) is 1. The maximum Gasteiger partial charge on any atom is 0.246 e. The Labute approximate surface area is 85.3 Å². The van der Waals surface area contributed by atoms with Gasteiger partial charge in [0.1, 0.15) is 0 Å². The normalized spacial score (nSPS) is 12.2. The van der Waals surface area contributed by atoms with Gasteiger partial charge in [-0.1, -0.05) is 6.58 Å². The highest BCUT2D eigenvalue weighted by Crippen LogP contribution is 1.98. The Balaban J connectivity index is 3.60. The molecule has 0 radical (unpaired) electrons. The van der Waals surface area contributed by atoms with E-state index in [-0.39, 0.29) is 12.2 Å². The zero-order valence-corrected chi connectivity index (χ0v) is 9.13. The van der Waals surface area contributed by atoms with Crippen LogP contribution < -0.4 is 5.32 Å². The molecule has 0 aromatic rings. The van der Waals surface area contributed by atoms with E-state index >= 15 is 0 Å². The van der Waals surface area contributed by atoms with Crippen LogP contribution in [0.3, 0.4) is 0 Å². The summed E-state index contributed by atoms with van der Waals surface area (Å²) < 4.78 is 10.3. The molecule has 4 nitrogen and oxygen atoms in total. The largest absolute Gasteiger partial charge is 0.356 e. The summed E-state index contributed by atoms with van der Waals surface area (Å²) in [5.74, 6) is -0.128. The van der Waals surface area contributed by atoms with E-state index in [4.69, 9.17) is 9.47 Å². The molecule has 0 saturated carbocycles. The monoisotopic (exact) mass is 201 g/mol. The van der Waals surface area contributed by atoms with Crippen molar-refractivity contribution in [3.05, 3.63) is 12.2 Å². The summed E-state index contributed by atoms with van der Waals surface area (Å²) in [5.41, 5.74) is 0.510. The van der Waals surface area contributed by atoms with E-state index in [1.807, 2.05) is 6.92 Å². The number of hydrogen-bond acceptors (Lipinski definition) is 3. The molecule has 0 fully saturated rings. The Hall–Kier alpha value is -0.870. The van der Waals surface area contributed by atoms with Gasteiger partial charge in [0.05, 0.1) is 0 Å². The average Bonchev–Trinajstić information content (AvgIpc) is 2.16. The van der Waals surface area contributed by atoms with E-state index < -0.39 is 0 Å². The van der Waals surface area contributed by atoms with E-state index in [1.165, 1.54) is 0 Å². The summed E-state index contributed by atoms with van der Waals surface area (Å²) in [7, 11) is 1.58. The molecule has 0 saturated heterocycles. The summed E-state index contributed by atoms with van der Waals surface area (Å²) in [6.07, 6.45) is 0.397. The Morgan fingerprint density at radius 2 is 2.21 bits per heavy atom. The Morgan fingerprint density at radius 1 is 1.57 bits per heavy atom. The minimum absolute atomic E-state index is 0.128. The van der Waals surface area contributed by atoms with Crippen molar-refractivity contribution < 1.29 is 14.3 Å². The number of ether oxygens (including phenoxy) is 2. The van der Waals surface area contributed by atoms with Gasteiger partial charge in [0, 0.05) is 32.3 Å². The van der Waals surface area contributed by atoms with Crippen molar-refractivity contribution in [2.24, 2.45) is 0 Å². The van der Waals surface area contributed by atoms with Crippen LogP contribution in [0.15, 0.2) is 12.2 Å². The zero-order valence-electron chi connectivity index (χ0n) is 9.13. The first-order valence-corrected chi connectivity index (χ1v) is 4.69. The number of amides is 1. The van der Waals surface area contributed by atoms with Gasteiger partial charge in [-0.2, -0.15) is 0 Å². The molecule has 14 heavy (non-hydrogen) atoms. The van der Waals surface area contributed by atoms with Crippen molar-refractivity contribution in [1.82, 2.24) is 5.32 Å². The van der Waals surface area contributed by atoms with Crippen molar-refractivity contribution in [3.63, 3.8) is 0 Å². The highest BCUT2D eigenvalue weighted by Gasteiger charge is 2.07. The van der Waals surface area contributed by atoms with E-state index in [0.717, 1.165) is 0 Å². The Kier molecular flexibility index (Phi) is 7.06. The van der Waals surface area contributed by atoms with Crippen molar-refractivity contribution in [2.75, 3.05) is 20.3 Å². The molecule has 4 heteroatoms. The van der Waals surface area contributed by atoms with E-state index in [0.29, 0.717) is 25.1 Å². The van der Waals surface area contributed by atoms with Crippen LogP contribution in [0, 0.1) is 0 Å². The Morgan fingerprint density at radius 3 is 2.64 bits per heavy atom. The van der Waals surface area contributed by atoms with Crippen LogP contribution in [-0.2, 0) is 14.3 Å². The molecule has 1 unspecified atom stereocenters. The fraction of sp³-hybridized carbons (Fsp3) is 0.700. The van der Waals surface area contributed by atoms with Crippen LogP contribution in [-0.4, -0.2) is 32.5 Å². The summed E-state index contributed by atoms with van der Waals surface area (Å²) in [5, 5.41) is 2.71. The van der Waals surface area contributed by atoms with Crippen molar-refractivity contribution in [1.29, 1.82) is 0 Å². The number of rotatable bonds is 7. The van der Waals surface area contributed by atoms with Crippen LogP contribution in [0.2, 0.25) is 0 Å². The van der Waals surface area contributed by atoms with Gasteiger partial charge < -0.3 is 14.8 Å². The van der Waals surface area contributed by atoms with Gasteiger partial charge in [0.2, 0.25) is 5.91 Å². The fourth-order valence-corrected chi connectivity index (χ4v) is 0.910. The predicted octanol–water partition coefficient (Wildman–Crippen LogP) is 1.08. The summed E-state index contributed by atoms with van der Waals surface area (Å²) in [4.78, 5) is 11.1. The molecule has 0 aliphatic heterocycles. The third kappa shape index (κ3) is 5.72. The van der Waals surface area contributed by atoms with Crippen LogP contribution in [0.4, 0.5) is 0 Å². The van der Waals surface area contributed by atoms with Crippen molar-refractivity contribution in [3.8, 4) is 0 Å². The fourth-order valence-electron chi connectivity index (χ4n) is 0.910. The first-order chi connectivity index (χ1) is 6.61. The lowest BCUT2D eigenvalue weighted by Crippen LogP contribution is -2.28. The van der Waals surface area contributed by atoms with Gasteiger partial charge in [-0.15, -0.1) is 0 Å². The molecule has 0 spiro atoms. The second-order valence-corrected chi connectivity index (χ2v) is 2.95. The standard InChI is InChI=1S/C10H19NO3/c1-5-14-9(13-4)6-7-11-10(12)8(2)3/h9H,2,5-7H2,1,3-4H3,(H,11,12). The number of nitrogens with one attached hydrogen (secondary N) is 1. The second kappa shape index (κ2) is 7.53. The lowest BCUT2D eigenvalue weighted by Gasteiger charge is -2.15. The SMILES string of the molecule is C=C(C)C(=O)NCCC(OC)OCC.